The SMILES string of the molecule is O=C(Nc1ccc(N2CCCCC2)nn1)c1ccccc1Cl. The zero-order valence-electron chi connectivity index (χ0n) is 12.1. The van der Waals surface area contributed by atoms with Gasteiger partial charge in [-0.3, -0.25) is 4.79 Å². The van der Waals surface area contributed by atoms with Crippen molar-refractivity contribution in [3.63, 3.8) is 0 Å². The number of nitrogens with one attached hydrogen (secondary N) is 1. The highest BCUT2D eigenvalue weighted by Gasteiger charge is 2.14. The van der Waals surface area contributed by atoms with Gasteiger partial charge < -0.3 is 10.2 Å². The molecule has 1 amide bonds. The second-order valence-corrected chi connectivity index (χ2v) is 5.67. The minimum absolute atomic E-state index is 0.286. The number of hydrogen-bond acceptors (Lipinski definition) is 4. The maximum atomic E-state index is 12.1. The summed E-state index contributed by atoms with van der Waals surface area (Å²) >= 11 is 6.01. The van der Waals surface area contributed by atoms with Crippen LogP contribution >= 0.6 is 11.6 Å². The average Bonchev–Trinajstić information content (AvgIpc) is 2.57. The number of benzene rings is 1. The molecule has 0 spiro atoms. The van der Waals surface area contributed by atoms with Crippen LogP contribution in [0.5, 0.6) is 0 Å². The summed E-state index contributed by atoms with van der Waals surface area (Å²) < 4.78 is 0. The number of amides is 1. The first-order valence-electron chi connectivity index (χ1n) is 7.38. The fraction of sp³-hybridized carbons (Fsp3) is 0.312. The van der Waals surface area contributed by atoms with Crippen molar-refractivity contribution in [1.82, 2.24) is 10.2 Å². The number of piperidine rings is 1. The van der Waals surface area contributed by atoms with Crippen molar-refractivity contribution in [3.05, 3.63) is 47.0 Å². The van der Waals surface area contributed by atoms with Crippen LogP contribution in [0.1, 0.15) is 29.6 Å². The quantitative estimate of drug-likeness (QED) is 0.943. The van der Waals surface area contributed by atoms with Gasteiger partial charge in [0, 0.05) is 13.1 Å². The van der Waals surface area contributed by atoms with E-state index in [0.29, 0.717) is 16.4 Å². The first-order chi connectivity index (χ1) is 10.7. The van der Waals surface area contributed by atoms with Crippen LogP contribution in [-0.2, 0) is 0 Å². The number of halogens is 1. The molecule has 0 aliphatic carbocycles. The molecular formula is C16H17ClN4O. The van der Waals surface area contributed by atoms with E-state index in [1.54, 1.807) is 30.3 Å². The Balaban J connectivity index is 1.68. The van der Waals surface area contributed by atoms with E-state index in [4.69, 9.17) is 11.6 Å². The molecule has 1 N–H and O–H groups in total. The number of hydrogen-bond donors (Lipinski definition) is 1. The van der Waals surface area contributed by atoms with Gasteiger partial charge in [-0.05, 0) is 43.5 Å². The maximum Gasteiger partial charge on any atom is 0.258 e. The summed E-state index contributed by atoms with van der Waals surface area (Å²) in [5.41, 5.74) is 0.422. The summed E-state index contributed by atoms with van der Waals surface area (Å²) in [6.07, 6.45) is 3.65. The molecule has 1 saturated heterocycles. The fourth-order valence-corrected chi connectivity index (χ4v) is 2.73. The van der Waals surface area contributed by atoms with E-state index in [0.717, 1.165) is 18.9 Å². The smallest absolute Gasteiger partial charge is 0.258 e. The predicted molar refractivity (Wildman–Crippen MR) is 87.5 cm³/mol. The molecule has 6 heteroatoms. The summed E-state index contributed by atoms with van der Waals surface area (Å²) in [6, 6.07) is 10.6. The number of rotatable bonds is 3. The Hall–Kier alpha value is -2.14. The van der Waals surface area contributed by atoms with Gasteiger partial charge in [-0.25, -0.2) is 0 Å². The maximum absolute atomic E-state index is 12.1. The van der Waals surface area contributed by atoms with Gasteiger partial charge in [0.2, 0.25) is 0 Å². The van der Waals surface area contributed by atoms with Crippen LogP contribution in [0.2, 0.25) is 5.02 Å². The Morgan fingerprint density at radius 1 is 1.05 bits per heavy atom. The second-order valence-electron chi connectivity index (χ2n) is 5.26. The third kappa shape index (κ3) is 3.36. The summed E-state index contributed by atoms with van der Waals surface area (Å²) in [5, 5.41) is 11.4. The van der Waals surface area contributed by atoms with Gasteiger partial charge in [0.05, 0.1) is 10.6 Å². The molecular weight excluding hydrogens is 300 g/mol. The van der Waals surface area contributed by atoms with E-state index in [-0.39, 0.29) is 5.91 Å². The van der Waals surface area contributed by atoms with E-state index in [1.807, 2.05) is 6.07 Å². The third-order valence-corrected chi connectivity index (χ3v) is 4.02. The highest BCUT2D eigenvalue weighted by molar-refractivity contribution is 6.34. The van der Waals surface area contributed by atoms with Crippen LogP contribution in [0.4, 0.5) is 11.6 Å². The molecule has 114 valence electrons. The lowest BCUT2D eigenvalue weighted by Gasteiger charge is -2.27. The molecule has 1 aliphatic heterocycles. The van der Waals surface area contributed by atoms with Gasteiger partial charge in [-0.2, -0.15) is 0 Å². The third-order valence-electron chi connectivity index (χ3n) is 3.69. The van der Waals surface area contributed by atoms with Gasteiger partial charge in [0.25, 0.3) is 5.91 Å². The van der Waals surface area contributed by atoms with E-state index in [2.05, 4.69) is 20.4 Å². The Labute approximate surface area is 134 Å². The van der Waals surface area contributed by atoms with E-state index < -0.39 is 0 Å². The molecule has 5 nitrogen and oxygen atoms in total. The molecule has 2 aromatic rings. The Kier molecular flexibility index (Phi) is 4.53. The van der Waals surface area contributed by atoms with Crippen LogP contribution < -0.4 is 10.2 Å². The van der Waals surface area contributed by atoms with Gasteiger partial charge in [-0.15, -0.1) is 10.2 Å². The fourth-order valence-electron chi connectivity index (χ4n) is 2.51. The van der Waals surface area contributed by atoms with Gasteiger partial charge in [-0.1, -0.05) is 23.7 Å². The van der Waals surface area contributed by atoms with Crippen LogP contribution in [0.3, 0.4) is 0 Å². The lowest BCUT2D eigenvalue weighted by atomic mass is 10.1. The van der Waals surface area contributed by atoms with Crippen molar-refractivity contribution in [1.29, 1.82) is 0 Å². The van der Waals surface area contributed by atoms with Gasteiger partial charge in [0.15, 0.2) is 11.6 Å². The topological polar surface area (TPSA) is 58.1 Å². The minimum atomic E-state index is -0.286. The molecule has 1 aliphatic rings. The first kappa shape index (κ1) is 14.8. The molecule has 0 radical (unpaired) electrons. The van der Waals surface area contributed by atoms with Crippen molar-refractivity contribution < 1.29 is 4.79 Å². The monoisotopic (exact) mass is 316 g/mol. The van der Waals surface area contributed by atoms with Gasteiger partial charge >= 0.3 is 0 Å². The van der Waals surface area contributed by atoms with Crippen LogP contribution in [0.15, 0.2) is 36.4 Å². The zero-order valence-corrected chi connectivity index (χ0v) is 12.9. The van der Waals surface area contributed by atoms with Crippen molar-refractivity contribution in [2.24, 2.45) is 0 Å². The normalized spacial score (nSPS) is 14.7. The first-order valence-corrected chi connectivity index (χ1v) is 7.76. The summed E-state index contributed by atoms with van der Waals surface area (Å²) in [5.74, 6) is 0.992. The highest BCUT2D eigenvalue weighted by Crippen LogP contribution is 2.19. The van der Waals surface area contributed by atoms with Crippen LogP contribution in [0.25, 0.3) is 0 Å². The molecule has 0 unspecified atom stereocenters. The predicted octanol–water partition coefficient (Wildman–Crippen LogP) is 3.37. The second kappa shape index (κ2) is 6.75. The molecule has 2 heterocycles. The van der Waals surface area contributed by atoms with Crippen molar-refractivity contribution in [2.45, 2.75) is 19.3 Å². The number of carbonyl (C=O) groups excluding carboxylic acids is 1. The van der Waals surface area contributed by atoms with Crippen molar-refractivity contribution in [3.8, 4) is 0 Å². The average molecular weight is 317 g/mol. The largest absolute Gasteiger partial charge is 0.355 e. The lowest BCUT2D eigenvalue weighted by molar-refractivity contribution is 0.102. The number of anilines is 2. The Bertz CT molecular complexity index is 653. The molecule has 0 saturated carbocycles. The summed E-state index contributed by atoms with van der Waals surface area (Å²) in [6.45, 7) is 2.03. The van der Waals surface area contributed by atoms with Crippen LogP contribution in [0, 0.1) is 0 Å². The standard InChI is InChI=1S/C16H17ClN4O/c17-13-7-3-2-6-12(13)16(22)18-14-8-9-15(20-19-14)21-10-4-1-5-11-21/h2-3,6-9H,1,4-5,10-11H2,(H,18,19,22). The van der Waals surface area contributed by atoms with E-state index in [9.17, 15) is 4.79 Å². The Morgan fingerprint density at radius 3 is 2.50 bits per heavy atom. The molecule has 1 fully saturated rings. The van der Waals surface area contributed by atoms with Crippen molar-refractivity contribution >= 4 is 29.1 Å². The number of aromatic nitrogens is 2. The van der Waals surface area contributed by atoms with Crippen molar-refractivity contribution in [2.75, 3.05) is 23.3 Å². The van der Waals surface area contributed by atoms with E-state index in [1.165, 1.54) is 19.3 Å². The Morgan fingerprint density at radius 2 is 1.82 bits per heavy atom. The zero-order chi connectivity index (χ0) is 15.4. The van der Waals surface area contributed by atoms with Gasteiger partial charge in [0.1, 0.15) is 0 Å². The molecule has 3 rings (SSSR count). The lowest BCUT2D eigenvalue weighted by Crippen LogP contribution is -2.30. The number of carbonyl (C=O) groups is 1. The summed E-state index contributed by atoms with van der Waals surface area (Å²) in [4.78, 5) is 14.4. The number of nitrogens with zero attached hydrogens (tertiary/aromatic N) is 3. The molecule has 1 aromatic heterocycles. The molecule has 0 bridgehead atoms. The molecule has 22 heavy (non-hydrogen) atoms. The van der Waals surface area contributed by atoms with E-state index >= 15 is 0 Å². The minimum Gasteiger partial charge on any atom is -0.355 e. The summed E-state index contributed by atoms with van der Waals surface area (Å²) in [7, 11) is 0. The molecule has 1 aromatic carbocycles. The molecule has 0 atom stereocenters. The van der Waals surface area contributed by atoms with Crippen LogP contribution in [-0.4, -0.2) is 29.2 Å². The highest BCUT2D eigenvalue weighted by atomic mass is 35.5.